The van der Waals surface area contributed by atoms with Crippen molar-refractivity contribution in [3.8, 4) is 0 Å². The van der Waals surface area contributed by atoms with Crippen molar-refractivity contribution in [3.05, 3.63) is 73.5 Å². The van der Waals surface area contributed by atoms with Crippen molar-refractivity contribution in [2.24, 2.45) is 5.92 Å². The number of nitrogens with zero attached hydrogens (tertiary/aromatic N) is 3. The molecule has 4 rings (SSSR count). The third kappa shape index (κ3) is 5.18. The normalized spacial score (nSPS) is 17.3. The molecule has 31 heavy (non-hydrogen) atoms. The van der Waals surface area contributed by atoms with Gasteiger partial charge in [-0.15, -0.1) is 0 Å². The van der Waals surface area contributed by atoms with E-state index in [1.54, 1.807) is 48.7 Å². The molecule has 0 spiro atoms. The molecule has 2 N–H and O–H groups in total. The van der Waals surface area contributed by atoms with Gasteiger partial charge in [-0.2, -0.15) is 9.29 Å². The number of rotatable bonds is 6. The second kappa shape index (κ2) is 8.99. The van der Waals surface area contributed by atoms with Crippen LogP contribution in [-0.2, 0) is 10.0 Å². The van der Waals surface area contributed by atoms with Crippen molar-refractivity contribution in [2.75, 3.05) is 23.7 Å². The maximum atomic E-state index is 13.1. The zero-order chi connectivity index (χ0) is 21.8. The third-order valence-electron chi connectivity index (χ3n) is 5.00. The molecule has 1 atom stereocenters. The molecule has 1 unspecified atom stereocenters. The van der Waals surface area contributed by atoms with Crippen molar-refractivity contribution in [2.45, 2.75) is 17.7 Å². The molecule has 1 aliphatic rings. The summed E-state index contributed by atoms with van der Waals surface area (Å²) in [7, 11) is -3.53. The standard InChI is InChI=1S/C22H23FN5O2S/c1-16-3-2-14-28(15-16)31(29,30)20-10-8-19(9-11-20)26-22-24-13-12-21(27-22)25-18-6-4-17(23)5-7-18/h4-13,16H,1-3,14-15H2,(H2,24,25,26,27). The monoisotopic (exact) mass is 440 g/mol. The quantitative estimate of drug-likeness (QED) is 0.593. The molecule has 0 bridgehead atoms. The van der Waals surface area contributed by atoms with E-state index in [1.807, 2.05) is 0 Å². The largest absolute Gasteiger partial charge is 0.340 e. The average Bonchev–Trinajstić information content (AvgIpc) is 2.76. The van der Waals surface area contributed by atoms with Gasteiger partial charge in [0.15, 0.2) is 0 Å². The third-order valence-corrected chi connectivity index (χ3v) is 6.88. The second-order valence-corrected chi connectivity index (χ2v) is 9.36. The predicted molar refractivity (Wildman–Crippen MR) is 118 cm³/mol. The lowest BCUT2D eigenvalue weighted by atomic mass is 10.0. The summed E-state index contributed by atoms with van der Waals surface area (Å²) in [6.07, 6.45) is 3.36. The van der Waals surface area contributed by atoms with Gasteiger partial charge in [-0.25, -0.2) is 17.8 Å². The zero-order valence-electron chi connectivity index (χ0n) is 16.8. The van der Waals surface area contributed by atoms with E-state index in [0.29, 0.717) is 36.2 Å². The maximum absolute atomic E-state index is 13.1. The van der Waals surface area contributed by atoms with Crippen LogP contribution < -0.4 is 10.6 Å². The molecule has 2 aromatic carbocycles. The van der Waals surface area contributed by atoms with Crippen LogP contribution in [-0.4, -0.2) is 35.8 Å². The summed E-state index contributed by atoms with van der Waals surface area (Å²) in [4.78, 5) is 8.82. The van der Waals surface area contributed by atoms with Gasteiger partial charge in [0.25, 0.3) is 0 Å². The fourth-order valence-corrected chi connectivity index (χ4v) is 4.96. The Balaban J connectivity index is 1.45. The molecule has 0 amide bonds. The van der Waals surface area contributed by atoms with E-state index < -0.39 is 10.0 Å². The van der Waals surface area contributed by atoms with E-state index in [-0.39, 0.29) is 16.6 Å². The van der Waals surface area contributed by atoms with Crippen LogP contribution in [0.25, 0.3) is 0 Å². The highest BCUT2D eigenvalue weighted by Gasteiger charge is 2.28. The van der Waals surface area contributed by atoms with Crippen LogP contribution in [0.5, 0.6) is 0 Å². The molecule has 1 saturated heterocycles. The van der Waals surface area contributed by atoms with Crippen LogP contribution >= 0.6 is 0 Å². The molecule has 3 aromatic rings. The number of hydrogen-bond donors (Lipinski definition) is 2. The van der Waals surface area contributed by atoms with Crippen molar-refractivity contribution in [1.82, 2.24) is 14.3 Å². The molecule has 7 nitrogen and oxygen atoms in total. The predicted octanol–water partition coefficient (Wildman–Crippen LogP) is 4.34. The average molecular weight is 441 g/mol. The molecule has 0 aliphatic carbocycles. The SMILES string of the molecule is [CH2]C1CCCN(S(=O)(=O)c2ccc(Nc3nccc(Nc4ccc(F)cc4)n3)cc2)C1. The van der Waals surface area contributed by atoms with Crippen LogP contribution in [0.3, 0.4) is 0 Å². The summed E-state index contributed by atoms with van der Waals surface area (Å²) in [5, 5.41) is 6.14. The van der Waals surface area contributed by atoms with Crippen LogP contribution in [0.2, 0.25) is 0 Å². The summed E-state index contributed by atoms with van der Waals surface area (Å²) in [5.41, 5.74) is 1.36. The van der Waals surface area contributed by atoms with Gasteiger partial charge < -0.3 is 10.6 Å². The molecule has 2 heterocycles. The molecular formula is C22H23FN5O2S. The molecule has 1 radical (unpaired) electrons. The highest BCUT2D eigenvalue weighted by atomic mass is 32.2. The Hall–Kier alpha value is -3.04. The molecule has 9 heteroatoms. The number of benzene rings is 2. The lowest BCUT2D eigenvalue weighted by molar-refractivity contribution is 0.299. The number of aromatic nitrogens is 2. The Morgan fingerprint density at radius 3 is 2.39 bits per heavy atom. The van der Waals surface area contributed by atoms with Crippen LogP contribution in [0.15, 0.2) is 65.7 Å². The van der Waals surface area contributed by atoms with E-state index in [4.69, 9.17) is 0 Å². The molecule has 1 aliphatic heterocycles. The summed E-state index contributed by atoms with van der Waals surface area (Å²) < 4.78 is 40.3. The van der Waals surface area contributed by atoms with Crippen molar-refractivity contribution >= 4 is 33.2 Å². The van der Waals surface area contributed by atoms with Crippen molar-refractivity contribution in [1.29, 1.82) is 0 Å². The number of anilines is 4. The highest BCUT2D eigenvalue weighted by molar-refractivity contribution is 7.89. The minimum Gasteiger partial charge on any atom is -0.340 e. The fourth-order valence-electron chi connectivity index (χ4n) is 3.40. The molecule has 0 saturated carbocycles. The van der Waals surface area contributed by atoms with E-state index in [9.17, 15) is 12.8 Å². The smallest absolute Gasteiger partial charge is 0.243 e. The van der Waals surface area contributed by atoms with Crippen molar-refractivity contribution in [3.63, 3.8) is 0 Å². The minimum absolute atomic E-state index is 0.123. The first-order valence-electron chi connectivity index (χ1n) is 9.96. The Labute approximate surface area is 181 Å². The van der Waals surface area contributed by atoms with Gasteiger partial charge in [0.05, 0.1) is 4.90 Å². The Bertz CT molecular complexity index is 1140. The number of sulfonamides is 1. The summed E-state index contributed by atoms with van der Waals surface area (Å²) in [6, 6.07) is 14.2. The molecular weight excluding hydrogens is 417 g/mol. The first-order valence-corrected chi connectivity index (χ1v) is 11.4. The lowest BCUT2D eigenvalue weighted by Gasteiger charge is -2.29. The van der Waals surface area contributed by atoms with Gasteiger partial charge in [0.2, 0.25) is 16.0 Å². The summed E-state index contributed by atoms with van der Waals surface area (Å²) in [5.74, 6) is 0.694. The van der Waals surface area contributed by atoms with E-state index in [2.05, 4.69) is 27.5 Å². The van der Waals surface area contributed by atoms with E-state index >= 15 is 0 Å². The van der Waals surface area contributed by atoms with E-state index in [1.165, 1.54) is 16.4 Å². The lowest BCUT2D eigenvalue weighted by Crippen LogP contribution is -2.39. The number of halogens is 1. The van der Waals surface area contributed by atoms with Crippen LogP contribution in [0.4, 0.5) is 27.5 Å². The van der Waals surface area contributed by atoms with E-state index in [0.717, 1.165) is 12.8 Å². The van der Waals surface area contributed by atoms with Crippen molar-refractivity contribution < 1.29 is 12.8 Å². The van der Waals surface area contributed by atoms with Crippen LogP contribution in [0.1, 0.15) is 12.8 Å². The second-order valence-electron chi connectivity index (χ2n) is 7.42. The Kier molecular flexibility index (Phi) is 6.15. The number of hydrogen-bond acceptors (Lipinski definition) is 6. The van der Waals surface area contributed by atoms with Crippen LogP contribution in [0, 0.1) is 18.7 Å². The van der Waals surface area contributed by atoms with Gasteiger partial charge >= 0.3 is 0 Å². The topological polar surface area (TPSA) is 87.2 Å². The first-order chi connectivity index (χ1) is 14.9. The van der Waals surface area contributed by atoms with Gasteiger partial charge in [-0.3, -0.25) is 0 Å². The molecule has 1 fully saturated rings. The van der Waals surface area contributed by atoms with Gasteiger partial charge in [-0.05, 0) is 80.3 Å². The molecule has 161 valence electrons. The first kappa shape index (κ1) is 21.2. The number of nitrogens with one attached hydrogen (secondary N) is 2. The van der Waals surface area contributed by atoms with Gasteiger partial charge in [-0.1, -0.05) is 0 Å². The Morgan fingerprint density at radius 1 is 1.00 bits per heavy atom. The summed E-state index contributed by atoms with van der Waals surface area (Å²) in [6.45, 7) is 4.97. The van der Waals surface area contributed by atoms with Gasteiger partial charge in [0, 0.05) is 30.7 Å². The number of piperidine rings is 1. The molecule has 1 aromatic heterocycles. The Morgan fingerprint density at radius 2 is 1.68 bits per heavy atom. The highest BCUT2D eigenvalue weighted by Crippen LogP contribution is 2.25. The fraction of sp³-hybridized carbons (Fsp3) is 0.227. The maximum Gasteiger partial charge on any atom is 0.243 e. The van der Waals surface area contributed by atoms with Gasteiger partial charge in [0.1, 0.15) is 11.6 Å². The zero-order valence-corrected chi connectivity index (χ0v) is 17.6. The summed E-state index contributed by atoms with van der Waals surface area (Å²) >= 11 is 0. The minimum atomic E-state index is -3.53.